The van der Waals surface area contributed by atoms with Gasteiger partial charge in [0, 0.05) is 24.5 Å². The predicted molar refractivity (Wildman–Crippen MR) is 60.7 cm³/mol. The number of aryl methyl sites for hydroxylation is 1. The number of thioether (sulfide) groups is 1. The summed E-state index contributed by atoms with van der Waals surface area (Å²) in [4.78, 5) is 4.01. The van der Waals surface area contributed by atoms with E-state index < -0.39 is 5.51 Å². The van der Waals surface area contributed by atoms with Crippen LogP contribution < -0.4 is 5.32 Å². The summed E-state index contributed by atoms with van der Waals surface area (Å²) in [6.07, 6.45) is 5.47. The summed E-state index contributed by atoms with van der Waals surface area (Å²) in [6, 6.07) is 0.244. The zero-order valence-electron chi connectivity index (χ0n) is 9.20. The minimum absolute atomic E-state index is 0.0140. The molecule has 1 aliphatic heterocycles. The average molecular weight is 265 g/mol. The molecule has 2 rings (SSSR count). The zero-order valence-corrected chi connectivity index (χ0v) is 10.0. The van der Waals surface area contributed by atoms with Crippen molar-refractivity contribution < 1.29 is 13.2 Å². The van der Waals surface area contributed by atoms with Crippen LogP contribution >= 0.6 is 11.8 Å². The molecule has 3 nitrogen and oxygen atoms in total. The van der Waals surface area contributed by atoms with Gasteiger partial charge in [-0.05, 0) is 31.1 Å². The fourth-order valence-electron chi connectivity index (χ4n) is 2.00. The van der Waals surface area contributed by atoms with E-state index in [0.29, 0.717) is 6.54 Å². The molecule has 7 heteroatoms. The Bertz CT molecular complexity index is 358. The molecule has 1 N–H and O–H groups in total. The number of alkyl halides is 3. The number of nitrogens with zero attached hydrogens (tertiary/aromatic N) is 2. The Kier molecular flexibility index (Phi) is 3.98. The molecular formula is C10H14F3N3S. The van der Waals surface area contributed by atoms with Gasteiger partial charge in [-0.15, -0.1) is 0 Å². The predicted octanol–water partition coefficient (Wildman–Crippen LogP) is 2.56. The van der Waals surface area contributed by atoms with Crippen LogP contribution in [0.25, 0.3) is 0 Å². The van der Waals surface area contributed by atoms with E-state index in [4.69, 9.17) is 0 Å². The fraction of sp³-hybridized carbons (Fsp3) is 0.700. The molecule has 0 aromatic carbocycles. The Balaban J connectivity index is 1.90. The monoisotopic (exact) mass is 265 g/mol. The standard InChI is InChI=1S/C10H14F3N3S/c11-10(12,13)17-5-4-16-7-14-6-9(16)8-2-1-3-15-8/h6-8,15H,1-5H2/t8-/m0/s1. The highest BCUT2D eigenvalue weighted by atomic mass is 32.2. The van der Waals surface area contributed by atoms with Gasteiger partial charge in [0.1, 0.15) is 0 Å². The molecule has 96 valence electrons. The van der Waals surface area contributed by atoms with Crippen molar-refractivity contribution in [3.05, 3.63) is 18.2 Å². The maximum atomic E-state index is 12.0. The van der Waals surface area contributed by atoms with Gasteiger partial charge in [0.05, 0.1) is 12.0 Å². The highest BCUT2D eigenvalue weighted by molar-refractivity contribution is 8.00. The number of hydrogen-bond donors (Lipinski definition) is 1. The number of aromatic nitrogens is 2. The first-order valence-corrected chi connectivity index (χ1v) is 6.49. The Morgan fingerprint density at radius 1 is 1.53 bits per heavy atom. The minimum Gasteiger partial charge on any atom is -0.332 e. The summed E-state index contributed by atoms with van der Waals surface area (Å²) >= 11 is 0.0140. The number of imidazole rings is 1. The lowest BCUT2D eigenvalue weighted by Gasteiger charge is -2.14. The quantitative estimate of drug-likeness (QED) is 0.907. The van der Waals surface area contributed by atoms with E-state index in [-0.39, 0.29) is 23.6 Å². The van der Waals surface area contributed by atoms with Gasteiger partial charge < -0.3 is 9.88 Å². The minimum atomic E-state index is -4.15. The second-order valence-corrected chi connectivity index (χ2v) is 5.11. The topological polar surface area (TPSA) is 29.9 Å². The molecule has 0 spiro atoms. The van der Waals surface area contributed by atoms with Crippen LogP contribution in [0.5, 0.6) is 0 Å². The molecule has 1 saturated heterocycles. The maximum absolute atomic E-state index is 12.0. The summed E-state index contributed by atoms with van der Waals surface area (Å²) in [7, 11) is 0. The van der Waals surface area contributed by atoms with E-state index >= 15 is 0 Å². The fourth-order valence-corrected chi connectivity index (χ4v) is 2.52. The van der Waals surface area contributed by atoms with Gasteiger partial charge in [-0.1, -0.05) is 0 Å². The van der Waals surface area contributed by atoms with Gasteiger partial charge in [0.2, 0.25) is 0 Å². The molecular weight excluding hydrogens is 251 g/mol. The lowest BCUT2D eigenvalue weighted by atomic mass is 10.2. The van der Waals surface area contributed by atoms with Crippen LogP contribution in [0.2, 0.25) is 0 Å². The largest absolute Gasteiger partial charge is 0.441 e. The molecule has 0 radical (unpaired) electrons. The number of nitrogens with one attached hydrogen (secondary N) is 1. The molecule has 17 heavy (non-hydrogen) atoms. The van der Waals surface area contributed by atoms with E-state index in [1.807, 2.05) is 4.57 Å². The summed E-state index contributed by atoms with van der Waals surface area (Å²) in [5.41, 5.74) is -3.16. The van der Waals surface area contributed by atoms with Crippen LogP contribution in [0.4, 0.5) is 13.2 Å². The van der Waals surface area contributed by atoms with Gasteiger partial charge in [-0.3, -0.25) is 0 Å². The van der Waals surface area contributed by atoms with Crippen molar-refractivity contribution in [3.63, 3.8) is 0 Å². The Morgan fingerprint density at radius 2 is 2.35 bits per heavy atom. The van der Waals surface area contributed by atoms with Crippen LogP contribution in [0.3, 0.4) is 0 Å². The van der Waals surface area contributed by atoms with Crippen molar-refractivity contribution in [1.29, 1.82) is 0 Å². The molecule has 1 aromatic heterocycles. The third kappa shape index (κ3) is 3.64. The van der Waals surface area contributed by atoms with Crippen LogP contribution in [-0.2, 0) is 6.54 Å². The van der Waals surface area contributed by atoms with Crippen molar-refractivity contribution in [2.75, 3.05) is 12.3 Å². The SMILES string of the molecule is FC(F)(F)SCCn1cncc1[C@@H]1CCCN1. The van der Waals surface area contributed by atoms with Gasteiger partial charge in [-0.2, -0.15) is 13.2 Å². The van der Waals surface area contributed by atoms with Crippen LogP contribution in [0.15, 0.2) is 12.5 Å². The van der Waals surface area contributed by atoms with E-state index in [1.165, 1.54) is 0 Å². The lowest BCUT2D eigenvalue weighted by Crippen LogP contribution is -2.17. The number of halogens is 3. The second kappa shape index (κ2) is 5.30. The first-order valence-electron chi connectivity index (χ1n) is 5.50. The molecule has 0 amide bonds. The molecule has 0 saturated carbocycles. The molecule has 0 unspecified atom stereocenters. The Labute approximate surface area is 102 Å². The number of hydrogen-bond acceptors (Lipinski definition) is 3. The maximum Gasteiger partial charge on any atom is 0.441 e. The Hall–Kier alpha value is -0.690. The third-order valence-corrected chi connectivity index (χ3v) is 3.47. The van der Waals surface area contributed by atoms with Crippen molar-refractivity contribution in [2.45, 2.75) is 30.9 Å². The first-order chi connectivity index (χ1) is 8.06. The molecule has 0 aliphatic carbocycles. The normalized spacial score (nSPS) is 21.0. The molecule has 2 heterocycles. The van der Waals surface area contributed by atoms with Crippen molar-refractivity contribution in [2.24, 2.45) is 0 Å². The summed E-state index contributed by atoms with van der Waals surface area (Å²) in [6.45, 7) is 1.31. The molecule has 1 atom stereocenters. The average Bonchev–Trinajstić information content (AvgIpc) is 2.82. The van der Waals surface area contributed by atoms with E-state index in [2.05, 4.69) is 10.3 Å². The van der Waals surface area contributed by atoms with Gasteiger partial charge >= 0.3 is 5.51 Å². The van der Waals surface area contributed by atoms with Crippen molar-refractivity contribution >= 4 is 11.8 Å². The first kappa shape index (κ1) is 12.8. The van der Waals surface area contributed by atoms with Crippen molar-refractivity contribution in [3.8, 4) is 0 Å². The lowest BCUT2D eigenvalue weighted by molar-refractivity contribution is -0.0328. The highest BCUT2D eigenvalue weighted by Gasteiger charge is 2.28. The number of rotatable bonds is 4. The summed E-state index contributed by atoms with van der Waals surface area (Å²) in [5, 5.41) is 3.32. The van der Waals surface area contributed by atoms with Crippen molar-refractivity contribution in [1.82, 2.24) is 14.9 Å². The second-order valence-electron chi connectivity index (χ2n) is 3.96. The Morgan fingerprint density at radius 3 is 3.00 bits per heavy atom. The molecule has 1 fully saturated rings. The van der Waals surface area contributed by atoms with Crippen LogP contribution in [0, 0.1) is 0 Å². The smallest absolute Gasteiger partial charge is 0.332 e. The molecule has 1 aliphatic rings. The van der Waals surface area contributed by atoms with E-state index in [1.54, 1.807) is 12.5 Å². The molecule has 1 aromatic rings. The van der Waals surface area contributed by atoms with Gasteiger partial charge in [0.15, 0.2) is 0 Å². The summed E-state index contributed by atoms with van der Waals surface area (Å²) < 4.78 is 37.8. The van der Waals surface area contributed by atoms with Crippen LogP contribution in [0.1, 0.15) is 24.6 Å². The zero-order chi connectivity index (χ0) is 12.3. The van der Waals surface area contributed by atoms with Crippen LogP contribution in [-0.4, -0.2) is 27.4 Å². The van der Waals surface area contributed by atoms with Gasteiger partial charge in [0.25, 0.3) is 0 Å². The summed E-state index contributed by atoms with van der Waals surface area (Å²) in [5.74, 6) is 0.0274. The third-order valence-electron chi connectivity index (χ3n) is 2.76. The highest BCUT2D eigenvalue weighted by Crippen LogP contribution is 2.30. The van der Waals surface area contributed by atoms with E-state index in [9.17, 15) is 13.2 Å². The van der Waals surface area contributed by atoms with Gasteiger partial charge in [-0.25, -0.2) is 4.98 Å². The van der Waals surface area contributed by atoms with E-state index in [0.717, 1.165) is 25.1 Å². The molecule has 0 bridgehead atoms.